The van der Waals surface area contributed by atoms with Crippen molar-refractivity contribution in [1.82, 2.24) is 25.1 Å². The van der Waals surface area contributed by atoms with Crippen molar-refractivity contribution in [3.63, 3.8) is 0 Å². The number of amides is 2. The molecule has 2 amide bonds. The largest absolute Gasteiger partial charge is 0.497 e. The second-order valence-corrected chi connectivity index (χ2v) is 8.83. The number of fused-ring (bicyclic) bond motifs is 1. The van der Waals surface area contributed by atoms with Crippen LogP contribution in [0.5, 0.6) is 5.75 Å². The number of nitrogens with one attached hydrogen (secondary N) is 1. The van der Waals surface area contributed by atoms with Crippen LogP contribution in [0.4, 0.5) is 5.69 Å². The van der Waals surface area contributed by atoms with E-state index in [0.29, 0.717) is 35.8 Å². The van der Waals surface area contributed by atoms with Gasteiger partial charge in [0.2, 0.25) is 6.17 Å². The van der Waals surface area contributed by atoms with Gasteiger partial charge in [0.1, 0.15) is 5.75 Å². The number of methoxy groups -OCH3 is 1. The van der Waals surface area contributed by atoms with Gasteiger partial charge >= 0.3 is 0 Å². The Balaban J connectivity index is 1.46. The van der Waals surface area contributed by atoms with Crippen molar-refractivity contribution in [3.05, 3.63) is 82.3 Å². The summed E-state index contributed by atoms with van der Waals surface area (Å²) in [6.07, 6.45) is -0.457. The molecule has 0 unspecified atom stereocenters. The van der Waals surface area contributed by atoms with Crippen LogP contribution < -0.4 is 15.0 Å². The Kier molecular flexibility index (Phi) is 5.03. The molecule has 0 bridgehead atoms. The van der Waals surface area contributed by atoms with E-state index in [1.54, 1.807) is 29.5 Å². The van der Waals surface area contributed by atoms with Gasteiger partial charge < -0.3 is 15.0 Å². The zero-order chi connectivity index (χ0) is 25.0. The Morgan fingerprint density at radius 2 is 1.92 bits per heavy atom. The van der Waals surface area contributed by atoms with Crippen LogP contribution >= 0.6 is 0 Å². The number of rotatable bonds is 4. The van der Waals surface area contributed by atoms with E-state index in [2.05, 4.69) is 20.6 Å². The van der Waals surface area contributed by atoms with Gasteiger partial charge in [-0.25, -0.2) is 9.51 Å². The van der Waals surface area contributed by atoms with Crippen LogP contribution in [0.1, 0.15) is 38.6 Å². The minimum atomic E-state index is -1.15. The highest BCUT2D eigenvalue weighted by molar-refractivity contribution is 6.21. The first kappa shape index (κ1) is 21.9. The maximum absolute atomic E-state index is 13.7. The van der Waals surface area contributed by atoms with Crippen molar-refractivity contribution in [2.24, 2.45) is 4.99 Å². The first-order chi connectivity index (χ1) is 17.4. The molecule has 4 aromatic rings. The Morgan fingerprint density at radius 1 is 1.11 bits per heavy atom. The van der Waals surface area contributed by atoms with Gasteiger partial charge in [-0.3, -0.25) is 9.59 Å². The molecule has 2 aliphatic rings. The zero-order valence-corrected chi connectivity index (χ0v) is 20.0. The monoisotopic (exact) mass is 481 g/mol. The number of hydrogen-bond acceptors (Lipinski definition) is 7. The average Bonchev–Trinajstić information content (AvgIpc) is 3.46. The first-order valence-corrected chi connectivity index (χ1v) is 11.6. The quantitative estimate of drug-likeness (QED) is 0.478. The highest BCUT2D eigenvalue weighted by atomic mass is 16.5. The van der Waals surface area contributed by atoms with Crippen LogP contribution in [0.3, 0.4) is 0 Å². The van der Waals surface area contributed by atoms with E-state index < -0.39 is 12.1 Å². The standard InChI is InChI=1S/C26H23N7O3/c1-14-11-20-29-30-21(15(2)33(20)31-14)25(34)28-24-26(35)32-10-9-17-12-18(36-3)13-19(23(17)32)22(27-24)16-7-5-4-6-8-16/h4-8,11-13,24H,9-10H2,1-3H3,(H,28,34)/t24-/m0/s1. The number of hydrogen-bond donors (Lipinski definition) is 1. The number of carbonyl (C=O) groups is 2. The summed E-state index contributed by atoms with van der Waals surface area (Å²) in [5.74, 6) is -0.161. The summed E-state index contributed by atoms with van der Waals surface area (Å²) >= 11 is 0. The van der Waals surface area contributed by atoms with Crippen molar-refractivity contribution < 1.29 is 14.3 Å². The molecular weight excluding hydrogens is 458 g/mol. The third kappa shape index (κ3) is 3.41. The van der Waals surface area contributed by atoms with Crippen molar-refractivity contribution in [2.75, 3.05) is 18.6 Å². The van der Waals surface area contributed by atoms with Crippen molar-refractivity contribution in [1.29, 1.82) is 0 Å². The molecule has 10 nitrogen and oxygen atoms in total. The van der Waals surface area contributed by atoms with E-state index >= 15 is 0 Å². The molecule has 0 fully saturated rings. The van der Waals surface area contributed by atoms with E-state index in [1.807, 2.05) is 49.4 Å². The van der Waals surface area contributed by atoms with Gasteiger partial charge in [0.25, 0.3) is 11.8 Å². The van der Waals surface area contributed by atoms with Crippen LogP contribution in [-0.2, 0) is 11.2 Å². The first-order valence-electron chi connectivity index (χ1n) is 11.6. The lowest BCUT2D eigenvalue weighted by Crippen LogP contribution is -2.47. The molecule has 1 N–H and O–H groups in total. The van der Waals surface area contributed by atoms with E-state index in [-0.39, 0.29) is 11.6 Å². The maximum atomic E-state index is 13.7. The molecule has 10 heteroatoms. The molecule has 6 rings (SSSR count). The van der Waals surface area contributed by atoms with Crippen molar-refractivity contribution >= 4 is 28.9 Å². The third-order valence-corrected chi connectivity index (χ3v) is 6.54. The molecule has 2 aliphatic heterocycles. The minimum Gasteiger partial charge on any atom is -0.497 e. The summed E-state index contributed by atoms with van der Waals surface area (Å²) in [5, 5.41) is 15.4. The molecule has 2 aromatic carbocycles. The SMILES string of the molecule is COc1cc2c3c(c1)C(c1ccccc1)=N[C@@H](NC(=O)c1nnc4cc(C)nn4c1C)C(=O)N3CC2. The van der Waals surface area contributed by atoms with Gasteiger partial charge in [-0.1, -0.05) is 30.3 Å². The molecule has 4 heterocycles. The number of carbonyl (C=O) groups excluding carboxylic acids is 2. The molecule has 1 atom stereocenters. The summed E-state index contributed by atoms with van der Waals surface area (Å²) in [7, 11) is 1.62. The summed E-state index contributed by atoms with van der Waals surface area (Å²) in [4.78, 5) is 33.5. The molecule has 2 aromatic heterocycles. The Hall–Kier alpha value is -4.60. The molecule has 0 saturated heterocycles. The zero-order valence-electron chi connectivity index (χ0n) is 20.0. The Morgan fingerprint density at radius 3 is 2.69 bits per heavy atom. The average molecular weight is 482 g/mol. The molecule has 180 valence electrons. The molecular formula is C26H23N7O3. The number of aromatic nitrogens is 4. The van der Waals surface area contributed by atoms with Gasteiger partial charge in [-0.2, -0.15) is 5.10 Å². The second-order valence-electron chi connectivity index (χ2n) is 8.83. The van der Waals surface area contributed by atoms with Crippen LogP contribution in [0, 0.1) is 13.8 Å². The van der Waals surface area contributed by atoms with Crippen molar-refractivity contribution in [2.45, 2.75) is 26.4 Å². The van der Waals surface area contributed by atoms with E-state index in [9.17, 15) is 9.59 Å². The van der Waals surface area contributed by atoms with Gasteiger partial charge in [0.05, 0.1) is 29.9 Å². The lowest BCUT2D eigenvalue weighted by molar-refractivity contribution is -0.120. The number of anilines is 1. The van der Waals surface area contributed by atoms with Gasteiger partial charge in [-0.05, 0) is 38.0 Å². The van der Waals surface area contributed by atoms with E-state index in [4.69, 9.17) is 9.73 Å². The van der Waals surface area contributed by atoms with Gasteiger partial charge in [-0.15, -0.1) is 10.2 Å². The topological polar surface area (TPSA) is 114 Å². The highest BCUT2D eigenvalue weighted by Crippen LogP contribution is 2.39. The predicted octanol–water partition coefficient (Wildman–Crippen LogP) is 2.25. The lowest BCUT2D eigenvalue weighted by atomic mass is 9.97. The third-order valence-electron chi connectivity index (χ3n) is 6.54. The summed E-state index contributed by atoms with van der Waals surface area (Å²) in [5.41, 5.74) is 5.97. The fourth-order valence-electron chi connectivity index (χ4n) is 4.84. The van der Waals surface area contributed by atoms with Crippen molar-refractivity contribution in [3.8, 4) is 5.75 Å². The minimum absolute atomic E-state index is 0.0837. The summed E-state index contributed by atoms with van der Waals surface area (Å²) < 4.78 is 7.11. The number of aryl methyl sites for hydroxylation is 2. The smallest absolute Gasteiger partial charge is 0.275 e. The number of aliphatic imine (C=N–C) groups is 1. The highest BCUT2D eigenvalue weighted by Gasteiger charge is 2.38. The Labute approximate surface area is 206 Å². The fourth-order valence-corrected chi connectivity index (χ4v) is 4.84. The predicted molar refractivity (Wildman–Crippen MR) is 133 cm³/mol. The van der Waals surface area contributed by atoms with E-state index in [0.717, 1.165) is 28.1 Å². The van der Waals surface area contributed by atoms with E-state index in [1.165, 1.54) is 0 Å². The Bertz CT molecular complexity index is 1580. The molecule has 0 spiro atoms. The maximum Gasteiger partial charge on any atom is 0.275 e. The summed E-state index contributed by atoms with van der Waals surface area (Å²) in [6.45, 7) is 4.08. The molecule has 36 heavy (non-hydrogen) atoms. The number of benzene rings is 2. The van der Waals surface area contributed by atoms with Crippen LogP contribution in [-0.4, -0.2) is 57.2 Å². The lowest BCUT2D eigenvalue weighted by Gasteiger charge is -2.21. The van der Waals surface area contributed by atoms with Crippen LogP contribution in [0.2, 0.25) is 0 Å². The normalized spacial score (nSPS) is 16.5. The van der Waals surface area contributed by atoms with Gasteiger partial charge in [0, 0.05) is 23.7 Å². The van der Waals surface area contributed by atoms with Crippen LogP contribution in [0.25, 0.3) is 5.65 Å². The molecule has 0 radical (unpaired) electrons. The van der Waals surface area contributed by atoms with Crippen LogP contribution in [0.15, 0.2) is 53.5 Å². The molecule has 0 saturated carbocycles. The second kappa shape index (κ2) is 8.26. The fraction of sp³-hybridized carbons (Fsp3) is 0.231. The molecule has 0 aliphatic carbocycles. The van der Waals surface area contributed by atoms with Gasteiger partial charge in [0.15, 0.2) is 11.3 Å². The number of ether oxygens (including phenoxy) is 1. The summed E-state index contributed by atoms with van der Waals surface area (Å²) in [6, 6.07) is 15.2. The number of nitrogens with zero attached hydrogens (tertiary/aromatic N) is 6.